The molecule has 3 aromatic rings. The van der Waals surface area contributed by atoms with E-state index >= 15 is 0 Å². The van der Waals surface area contributed by atoms with Crippen molar-refractivity contribution in [2.75, 3.05) is 7.11 Å². The summed E-state index contributed by atoms with van der Waals surface area (Å²) in [4.78, 5) is 17.4. The molecule has 0 saturated heterocycles. The molecule has 1 atom stereocenters. The zero-order chi connectivity index (χ0) is 23.7. The summed E-state index contributed by atoms with van der Waals surface area (Å²) in [5.41, 5.74) is 3.45. The Hall–Kier alpha value is -3.36. The first-order valence-corrected chi connectivity index (χ1v) is 12.2. The molecule has 2 aliphatic heterocycles. The van der Waals surface area contributed by atoms with Crippen molar-refractivity contribution in [2.45, 2.75) is 12.5 Å². The van der Waals surface area contributed by atoms with Crippen molar-refractivity contribution < 1.29 is 14.6 Å². The standard InChI is InChI=1S/C26H20BrN3O3S/c1-33-19-11-9-17(10-12-19)21-15-22(20-7-2-3-8-23(20)31)30(29-21)25-24(34-26(32)28-25)14-16-5-4-6-18(27)13-16/h2-14,22,31H,15H2,1H3/b24-14-. The number of hydrogen-bond donors (Lipinski definition) is 1. The minimum absolute atomic E-state index is 0.179. The van der Waals surface area contributed by atoms with Gasteiger partial charge in [-0.15, -0.1) is 0 Å². The summed E-state index contributed by atoms with van der Waals surface area (Å²) in [6, 6.07) is 22.4. The van der Waals surface area contributed by atoms with E-state index in [1.54, 1.807) is 24.3 Å². The van der Waals surface area contributed by atoms with Gasteiger partial charge in [-0.25, -0.2) is 5.01 Å². The van der Waals surface area contributed by atoms with Gasteiger partial charge in [-0.2, -0.15) is 10.1 Å². The fourth-order valence-corrected chi connectivity index (χ4v) is 5.15. The first-order chi connectivity index (χ1) is 16.5. The summed E-state index contributed by atoms with van der Waals surface area (Å²) in [7, 11) is 1.63. The van der Waals surface area contributed by atoms with Crippen LogP contribution in [0.4, 0.5) is 4.79 Å². The number of halogens is 1. The van der Waals surface area contributed by atoms with Gasteiger partial charge in [0.05, 0.1) is 23.8 Å². The summed E-state index contributed by atoms with van der Waals surface area (Å²) >= 11 is 4.57. The normalized spacial score (nSPS) is 18.9. The average Bonchev–Trinajstić information content (AvgIpc) is 3.43. The molecule has 2 aliphatic rings. The molecule has 0 aromatic heterocycles. The predicted molar refractivity (Wildman–Crippen MR) is 139 cm³/mol. The third-order valence-electron chi connectivity index (χ3n) is 5.61. The number of methoxy groups -OCH3 is 1. The van der Waals surface area contributed by atoms with Gasteiger partial charge in [0.2, 0.25) is 0 Å². The number of thioether (sulfide) groups is 1. The lowest BCUT2D eigenvalue weighted by molar-refractivity contribution is 0.267. The van der Waals surface area contributed by atoms with Gasteiger partial charge >= 0.3 is 5.24 Å². The van der Waals surface area contributed by atoms with Crippen LogP contribution in [0.1, 0.15) is 29.2 Å². The van der Waals surface area contributed by atoms with Gasteiger partial charge in [-0.05, 0) is 71.4 Å². The second kappa shape index (κ2) is 9.48. The van der Waals surface area contributed by atoms with Crippen LogP contribution in [-0.2, 0) is 0 Å². The van der Waals surface area contributed by atoms with Gasteiger partial charge in [-0.1, -0.05) is 46.3 Å². The summed E-state index contributed by atoms with van der Waals surface area (Å²) in [6.07, 6.45) is 2.48. The molecule has 8 heteroatoms. The van der Waals surface area contributed by atoms with Crippen LogP contribution in [0, 0.1) is 0 Å². The Morgan fingerprint density at radius 1 is 1.12 bits per heavy atom. The topological polar surface area (TPSA) is 74.5 Å². The molecule has 1 unspecified atom stereocenters. The number of hydrazone groups is 1. The number of phenolic OH excluding ortho intramolecular Hbond substituents is 1. The molecule has 170 valence electrons. The van der Waals surface area contributed by atoms with E-state index < -0.39 is 0 Å². The average molecular weight is 534 g/mol. The zero-order valence-corrected chi connectivity index (χ0v) is 20.6. The molecule has 1 amide bonds. The van der Waals surface area contributed by atoms with Crippen molar-refractivity contribution >= 4 is 50.6 Å². The molecule has 34 heavy (non-hydrogen) atoms. The van der Waals surface area contributed by atoms with Gasteiger partial charge in [0.25, 0.3) is 0 Å². The van der Waals surface area contributed by atoms with E-state index in [4.69, 9.17) is 9.84 Å². The maximum absolute atomic E-state index is 12.4. The molecule has 0 bridgehead atoms. The number of amides is 1. The second-order valence-electron chi connectivity index (χ2n) is 7.77. The lowest BCUT2D eigenvalue weighted by Crippen LogP contribution is -2.26. The van der Waals surface area contributed by atoms with E-state index in [9.17, 15) is 9.90 Å². The highest BCUT2D eigenvalue weighted by molar-refractivity contribution is 9.10. The molecular formula is C26H20BrN3O3S. The monoisotopic (exact) mass is 533 g/mol. The summed E-state index contributed by atoms with van der Waals surface area (Å²) in [6.45, 7) is 0. The minimum Gasteiger partial charge on any atom is -0.508 e. The van der Waals surface area contributed by atoms with Crippen LogP contribution in [0.25, 0.3) is 6.08 Å². The Kier molecular flexibility index (Phi) is 6.26. The van der Waals surface area contributed by atoms with Gasteiger partial charge in [0.1, 0.15) is 11.5 Å². The fourth-order valence-electron chi connectivity index (χ4n) is 3.99. The number of amidine groups is 1. The van der Waals surface area contributed by atoms with E-state index in [-0.39, 0.29) is 17.0 Å². The second-order valence-corrected chi connectivity index (χ2v) is 9.67. The highest BCUT2D eigenvalue weighted by atomic mass is 79.9. The molecular weight excluding hydrogens is 514 g/mol. The minimum atomic E-state index is -0.311. The molecule has 1 N–H and O–H groups in total. The van der Waals surface area contributed by atoms with Gasteiger partial charge < -0.3 is 9.84 Å². The van der Waals surface area contributed by atoms with Crippen molar-refractivity contribution in [3.8, 4) is 11.5 Å². The Balaban J connectivity index is 1.58. The molecule has 3 aromatic carbocycles. The van der Waals surface area contributed by atoms with Crippen molar-refractivity contribution in [3.63, 3.8) is 0 Å². The number of rotatable bonds is 4. The lowest BCUT2D eigenvalue weighted by atomic mass is 9.97. The predicted octanol–water partition coefficient (Wildman–Crippen LogP) is 6.62. The zero-order valence-electron chi connectivity index (χ0n) is 18.2. The number of ether oxygens (including phenoxy) is 1. The molecule has 6 nitrogen and oxygen atoms in total. The maximum atomic E-state index is 12.4. The van der Waals surface area contributed by atoms with Crippen LogP contribution in [0.3, 0.4) is 0 Å². The lowest BCUT2D eigenvalue weighted by Gasteiger charge is -2.24. The van der Waals surface area contributed by atoms with Crippen molar-refractivity contribution in [1.29, 1.82) is 0 Å². The Bertz CT molecular complexity index is 1350. The van der Waals surface area contributed by atoms with Gasteiger partial charge in [0.15, 0.2) is 5.84 Å². The summed E-state index contributed by atoms with van der Waals surface area (Å²) < 4.78 is 6.22. The summed E-state index contributed by atoms with van der Waals surface area (Å²) in [5.74, 6) is 1.42. The first-order valence-electron chi connectivity index (χ1n) is 10.6. The van der Waals surface area contributed by atoms with Crippen LogP contribution in [-0.4, -0.2) is 34.0 Å². The smallest absolute Gasteiger partial charge is 0.311 e. The number of nitrogens with zero attached hydrogens (tertiary/aromatic N) is 3. The number of carbonyl (C=O) groups excluding carboxylic acids is 1. The number of carbonyl (C=O) groups is 1. The van der Waals surface area contributed by atoms with Crippen LogP contribution in [0.5, 0.6) is 11.5 Å². The van der Waals surface area contributed by atoms with Gasteiger partial charge in [0, 0.05) is 16.5 Å². The highest BCUT2D eigenvalue weighted by Gasteiger charge is 2.37. The molecule has 2 heterocycles. The van der Waals surface area contributed by atoms with Crippen molar-refractivity contribution in [1.82, 2.24) is 5.01 Å². The van der Waals surface area contributed by atoms with Crippen LogP contribution in [0.2, 0.25) is 0 Å². The van der Waals surface area contributed by atoms with E-state index in [1.165, 1.54) is 0 Å². The third-order valence-corrected chi connectivity index (χ3v) is 6.89. The van der Waals surface area contributed by atoms with Crippen molar-refractivity contribution in [3.05, 3.63) is 98.9 Å². The third kappa shape index (κ3) is 4.51. The number of hydrogen-bond acceptors (Lipinski definition) is 6. The van der Waals surface area contributed by atoms with E-state index in [2.05, 4.69) is 20.9 Å². The summed E-state index contributed by atoms with van der Waals surface area (Å²) in [5, 5.41) is 17.0. The number of aliphatic imine (C=N–C) groups is 1. The molecule has 0 saturated carbocycles. The molecule has 5 rings (SSSR count). The SMILES string of the molecule is COc1ccc(C2=NN(C3=NC(=O)S/C3=C\c3cccc(Br)c3)C(c3ccccc3O)C2)cc1. The molecule has 0 radical (unpaired) electrons. The largest absolute Gasteiger partial charge is 0.508 e. The van der Waals surface area contributed by atoms with Crippen LogP contribution >= 0.6 is 27.7 Å². The highest BCUT2D eigenvalue weighted by Crippen LogP contribution is 2.41. The van der Waals surface area contributed by atoms with E-state index in [1.807, 2.05) is 66.7 Å². The maximum Gasteiger partial charge on any atom is 0.311 e. The molecule has 0 fully saturated rings. The molecule has 0 aliphatic carbocycles. The molecule has 0 spiro atoms. The van der Waals surface area contributed by atoms with Crippen LogP contribution < -0.4 is 4.74 Å². The van der Waals surface area contributed by atoms with E-state index in [0.717, 1.165) is 44.4 Å². The number of phenols is 1. The first kappa shape index (κ1) is 22.4. The Morgan fingerprint density at radius 3 is 2.65 bits per heavy atom. The Labute approximate surface area is 209 Å². The van der Waals surface area contributed by atoms with Gasteiger partial charge in [-0.3, -0.25) is 4.79 Å². The number of para-hydroxylation sites is 1. The fraction of sp³-hybridized carbons (Fsp3) is 0.115. The number of aromatic hydroxyl groups is 1. The quantitative estimate of drug-likeness (QED) is 0.407. The van der Waals surface area contributed by atoms with E-state index in [0.29, 0.717) is 17.2 Å². The number of benzene rings is 3. The Morgan fingerprint density at radius 2 is 1.91 bits per heavy atom. The van der Waals surface area contributed by atoms with Crippen LogP contribution in [0.15, 0.2) is 92.3 Å². The van der Waals surface area contributed by atoms with Crippen molar-refractivity contribution in [2.24, 2.45) is 10.1 Å².